The highest BCUT2D eigenvalue weighted by Gasteiger charge is 2.29. The topological polar surface area (TPSA) is 77.3 Å². The van der Waals surface area contributed by atoms with Crippen molar-refractivity contribution in [2.75, 3.05) is 13.7 Å². The van der Waals surface area contributed by atoms with Gasteiger partial charge in [-0.15, -0.1) is 10.2 Å². The minimum atomic E-state index is -3.47. The first-order chi connectivity index (χ1) is 11.0. The lowest BCUT2D eigenvalue weighted by Gasteiger charge is -2.23. The number of rotatable bonds is 5. The van der Waals surface area contributed by atoms with Gasteiger partial charge in [-0.3, -0.25) is 0 Å². The average molecular weight is 336 g/mol. The van der Waals surface area contributed by atoms with Gasteiger partial charge in [0.15, 0.2) is 5.82 Å². The lowest BCUT2D eigenvalue weighted by Crippen LogP contribution is -2.32. The summed E-state index contributed by atoms with van der Waals surface area (Å²) in [5.74, 6) is 1.39. The van der Waals surface area contributed by atoms with Gasteiger partial charge in [-0.1, -0.05) is 30.3 Å². The van der Waals surface area contributed by atoms with Gasteiger partial charge in [0.25, 0.3) is 0 Å². The molecule has 3 rings (SSSR count). The Morgan fingerprint density at radius 2 is 2.04 bits per heavy atom. The Labute approximate surface area is 135 Å². The van der Waals surface area contributed by atoms with Crippen molar-refractivity contribution >= 4 is 10.0 Å². The van der Waals surface area contributed by atoms with E-state index in [-0.39, 0.29) is 6.54 Å². The van der Waals surface area contributed by atoms with Crippen LogP contribution >= 0.6 is 0 Å². The summed E-state index contributed by atoms with van der Waals surface area (Å²) in [6.45, 7) is 3.57. The number of aromatic nitrogens is 3. The number of hydrogen-bond donors (Lipinski definition) is 0. The second-order valence-electron chi connectivity index (χ2n) is 5.59. The predicted octanol–water partition coefficient (Wildman–Crippen LogP) is 1.33. The molecule has 0 saturated heterocycles. The molecule has 2 heterocycles. The molecule has 0 spiro atoms. The molecule has 0 fully saturated rings. The van der Waals surface area contributed by atoms with Crippen LogP contribution in [0.3, 0.4) is 0 Å². The van der Waals surface area contributed by atoms with Crippen LogP contribution in [0.5, 0.6) is 0 Å². The number of hydrogen-bond acceptors (Lipinski definition) is 5. The molecule has 7 nitrogen and oxygen atoms in total. The molecule has 0 saturated carbocycles. The lowest BCUT2D eigenvalue weighted by molar-refractivity contribution is 0.0802. The first-order valence-electron chi connectivity index (χ1n) is 7.49. The van der Waals surface area contributed by atoms with E-state index in [9.17, 15) is 8.42 Å². The Morgan fingerprint density at radius 1 is 1.30 bits per heavy atom. The van der Waals surface area contributed by atoms with Gasteiger partial charge in [0.1, 0.15) is 12.4 Å². The van der Waals surface area contributed by atoms with Gasteiger partial charge in [-0.25, -0.2) is 8.42 Å². The minimum absolute atomic E-state index is 0.201. The maximum atomic E-state index is 12.8. The standard InChI is InChI=1S/C15H20N4O3S/c1-12(13-6-4-3-5-7-13)23(20,21)18(2)10-14-16-17-15-11-22-9-8-19(14)15/h3-7,12H,8-11H2,1-2H3. The second kappa shape index (κ2) is 6.38. The van der Waals surface area contributed by atoms with Crippen LogP contribution in [0.25, 0.3) is 0 Å². The van der Waals surface area contributed by atoms with Crippen molar-refractivity contribution in [3.05, 3.63) is 47.5 Å². The molecule has 0 radical (unpaired) electrons. The van der Waals surface area contributed by atoms with E-state index >= 15 is 0 Å². The molecule has 1 aliphatic rings. The van der Waals surface area contributed by atoms with Gasteiger partial charge in [0.2, 0.25) is 10.0 Å². The molecule has 1 aliphatic heterocycles. The normalized spacial score (nSPS) is 16.3. The van der Waals surface area contributed by atoms with E-state index in [4.69, 9.17) is 4.74 Å². The first kappa shape index (κ1) is 16.1. The quantitative estimate of drug-likeness (QED) is 0.823. The molecule has 1 aromatic heterocycles. The van der Waals surface area contributed by atoms with Crippen molar-refractivity contribution in [1.82, 2.24) is 19.1 Å². The molecule has 0 N–H and O–H groups in total. The Balaban J connectivity index is 1.79. The third-order valence-electron chi connectivity index (χ3n) is 4.11. The van der Waals surface area contributed by atoms with Crippen LogP contribution in [0.4, 0.5) is 0 Å². The second-order valence-corrected chi connectivity index (χ2v) is 7.95. The summed E-state index contributed by atoms with van der Waals surface area (Å²) >= 11 is 0. The van der Waals surface area contributed by atoms with Gasteiger partial charge < -0.3 is 9.30 Å². The fraction of sp³-hybridized carbons (Fsp3) is 0.467. The van der Waals surface area contributed by atoms with Crippen molar-refractivity contribution in [1.29, 1.82) is 0 Å². The van der Waals surface area contributed by atoms with Gasteiger partial charge in [-0.2, -0.15) is 4.31 Å². The third-order valence-corrected chi connectivity index (χ3v) is 6.27. The summed E-state index contributed by atoms with van der Waals surface area (Å²) in [6, 6.07) is 9.21. The molecule has 1 unspecified atom stereocenters. The van der Waals surface area contributed by atoms with Gasteiger partial charge in [0, 0.05) is 13.6 Å². The van der Waals surface area contributed by atoms with E-state index in [1.54, 1.807) is 14.0 Å². The molecule has 8 heteroatoms. The van der Waals surface area contributed by atoms with Crippen LogP contribution in [-0.2, 0) is 34.5 Å². The highest BCUT2D eigenvalue weighted by atomic mass is 32.2. The highest BCUT2D eigenvalue weighted by Crippen LogP contribution is 2.25. The van der Waals surface area contributed by atoms with E-state index in [2.05, 4.69) is 10.2 Å². The molecule has 1 aromatic carbocycles. The minimum Gasteiger partial charge on any atom is -0.372 e. The molecule has 1 atom stereocenters. The zero-order valence-corrected chi connectivity index (χ0v) is 14.0. The number of sulfonamides is 1. The van der Waals surface area contributed by atoms with Crippen molar-refractivity contribution in [3.63, 3.8) is 0 Å². The number of benzene rings is 1. The summed E-state index contributed by atoms with van der Waals surface area (Å²) in [4.78, 5) is 0. The van der Waals surface area contributed by atoms with Crippen LogP contribution in [0.2, 0.25) is 0 Å². The smallest absolute Gasteiger partial charge is 0.221 e. The molecule has 124 valence electrons. The van der Waals surface area contributed by atoms with Crippen LogP contribution in [-0.4, -0.2) is 41.1 Å². The van der Waals surface area contributed by atoms with Gasteiger partial charge in [0.05, 0.1) is 18.4 Å². The van der Waals surface area contributed by atoms with Crippen molar-refractivity contribution in [2.45, 2.75) is 31.9 Å². The number of nitrogens with zero attached hydrogens (tertiary/aromatic N) is 4. The predicted molar refractivity (Wildman–Crippen MR) is 84.9 cm³/mol. The number of fused-ring (bicyclic) bond motifs is 1. The Hall–Kier alpha value is -1.77. The van der Waals surface area contributed by atoms with Crippen molar-refractivity contribution in [2.24, 2.45) is 0 Å². The highest BCUT2D eigenvalue weighted by molar-refractivity contribution is 7.89. The first-order valence-corrected chi connectivity index (χ1v) is 8.99. The van der Waals surface area contributed by atoms with Crippen molar-refractivity contribution in [3.8, 4) is 0 Å². The largest absolute Gasteiger partial charge is 0.372 e. The van der Waals surface area contributed by atoms with Crippen LogP contribution in [0.1, 0.15) is 29.4 Å². The maximum Gasteiger partial charge on any atom is 0.221 e. The van der Waals surface area contributed by atoms with Crippen LogP contribution in [0.15, 0.2) is 30.3 Å². The zero-order valence-electron chi connectivity index (χ0n) is 13.2. The lowest BCUT2D eigenvalue weighted by atomic mass is 10.2. The third kappa shape index (κ3) is 3.15. The van der Waals surface area contributed by atoms with E-state index in [1.165, 1.54) is 4.31 Å². The zero-order chi connectivity index (χ0) is 16.4. The SMILES string of the molecule is CC(c1ccccc1)S(=O)(=O)N(C)Cc1nnc2n1CCOC2. The fourth-order valence-electron chi connectivity index (χ4n) is 2.63. The Kier molecular flexibility index (Phi) is 4.47. The molecular formula is C15H20N4O3S. The summed E-state index contributed by atoms with van der Waals surface area (Å²) in [5, 5.41) is 7.56. The van der Waals surface area contributed by atoms with E-state index < -0.39 is 15.3 Å². The Bertz CT molecular complexity index is 773. The summed E-state index contributed by atoms with van der Waals surface area (Å²) in [7, 11) is -1.89. The molecular weight excluding hydrogens is 316 g/mol. The fourth-order valence-corrected chi connectivity index (χ4v) is 3.96. The van der Waals surface area contributed by atoms with E-state index in [1.807, 2.05) is 34.9 Å². The van der Waals surface area contributed by atoms with Crippen molar-refractivity contribution < 1.29 is 13.2 Å². The van der Waals surface area contributed by atoms with Gasteiger partial charge in [-0.05, 0) is 12.5 Å². The van der Waals surface area contributed by atoms with Gasteiger partial charge >= 0.3 is 0 Å². The summed E-state index contributed by atoms with van der Waals surface area (Å²) in [6.07, 6.45) is 0. The molecule has 23 heavy (non-hydrogen) atoms. The Morgan fingerprint density at radius 3 is 2.78 bits per heavy atom. The summed E-state index contributed by atoms with van der Waals surface area (Å²) < 4.78 is 34.1. The van der Waals surface area contributed by atoms with Crippen LogP contribution < -0.4 is 0 Å². The average Bonchev–Trinajstić information content (AvgIpc) is 2.98. The van der Waals surface area contributed by atoms with E-state index in [0.29, 0.717) is 25.6 Å². The molecule has 0 amide bonds. The molecule has 2 aromatic rings. The van der Waals surface area contributed by atoms with E-state index in [0.717, 1.165) is 11.4 Å². The number of ether oxygens (including phenoxy) is 1. The van der Waals surface area contributed by atoms with Crippen LogP contribution in [0, 0.1) is 0 Å². The monoisotopic (exact) mass is 336 g/mol. The summed E-state index contributed by atoms with van der Waals surface area (Å²) in [5.41, 5.74) is 0.774. The molecule has 0 aliphatic carbocycles. The molecule has 0 bridgehead atoms. The maximum absolute atomic E-state index is 12.8.